The van der Waals surface area contributed by atoms with E-state index in [0.29, 0.717) is 5.56 Å². The number of primary amides is 1. The van der Waals surface area contributed by atoms with Crippen LogP contribution in [-0.4, -0.2) is 17.0 Å². The van der Waals surface area contributed by atoms with Crippen LogP contribution in [0.5, 0.6) is 0 Å². The molecule has 0 heterocycles. The molecule has 1 aromatic carbocycles. The molecule has 0 aliphatic heterocycles. The first-order valence-corrected chi connectivity index (χ1v) is 4.66. The van der Waals surface area contributed by atoms with Gasteiger partial charge in [-0.05, 0) is 17.7 Å². The Kier molecular flexibility index (Phi) is 4.10. The zero-order valence-electron chi connectivity index (χ0n) is 8.56. The average molecular weight is 217 g/mol. The fourth-order valence-electron chi connectivity index (χ4n) is 1.11. The van der Waals surface area contributed by atoms with Gasteiger partial charge in [0.2, 0.25) is 5.91 Å². The first-order valence-electron chi connectivity index (χ1n) is 4.66. The molecule has 0 spiro atoms. The molecule has 0 saturated carbocycles. The lowest BCUT2D eigenvalue weighted by atomic mass is 10.1. The van der Waals surface area contributed by atoms with Crippen LogP contribution in [0.15, 0.2) is 24.3 Å². The van der Waals surface area contributed by atoms with Crippen molar-refractivity contribution < 1.29 is 14.7 Å². The maximum atomic E-state index is 10.4. The summed E-state index contributed by atoms with van der Waals surface area (Å²) in [6, 6.07) is 6.82. The van der Waals surface area contributed by atoms with Gasteiger partial charge >= 0.3 is 5.97 Å². The number of carbonyl (C=O) groups is 2. The quantitative estimate of drug-likeness (QED) is 0.725. The summed E-state index contributed by atoms with van der Waals surface area (Å²) in [5, 5.41) is 8.56. The van der Waals surface area contributed by atoms with Crippen molar-refractivity contribution in [3.63, 3.8) is 0 Å². The fraction of sp³-hybridized carbons (Fsp3) is 0.167. The number of benzene rings is 1. The first-order chi connectivity index (χ1) is 7.58. The molecule has 3 N–H and O–H groups in total. The van der Waals surface area contributed by atoms with Gasteiger partial charge in [0.25, 0.3) is 0 Å². The van der Waals surface area contributed by atoms with E-state index in [-0.39, 0.29) is 12.8 Å². The van der Waals surface area contributed by atoms with Crippen molar-refractivity contribution in [2.75, 3.05) is 0 Å². The zero-order valence-corrected chi connectivity index (χ0v) is 8.56. The van der Waals surface area contributed by atoms with Crippen molar-refractivity contribution in [3.8, 4) is 11.8 Å². The molecular formula is C12H11NO3. The summed E-state index contributed by atoms with van der Waals surface area (Å²) in [5.41, 5.74) is 6.38. The summed E-state index contributed by atoms with van der Waals surface area (Å²) in [4.78, 5) is 20.8. The molecule has 0 aliphatic rings. The monoisotopic (exact) mass is 217 g/mol. The molecule has 0 aliphatic carbocycles. The van der Waals surface area contributed by atoms with Crippen molar-refractivity contribution in [1.29, 1.82) is 0 Å². The summed E-state index contributed by atoms with van der Waals surface area (Å²) in [6.07, 6.45) is 0.0197. The predicted octanol–water partition coefficient (Wildman–Crippen LogP) is 0.541. The molecule has 0 unspecified atom stereocenters. The van der Waals surface area contributed by atoms with Gasteiger partial charge in [-0.2, -0.15) is 0 Å². The van der Waals surface area contributed by atoms with Crippen LogP contribution in [0.3, 0.4) is 0 Å². The molecule has 0 fully saturated rings. The minimum Gasteiger partial charge on any atom is -0.481 e. The first kappa shape index (κ1) is 11.8. The summed E-state index contributed by atoms with van der Waals surface area (Å²) < 4.78 is 0. The van der Waals surface area contributed by atoms with Gasteiger partial charge in [0.1, 0.15) is 0 Å². The number of hydrogen-bond donors (Lipinski definition) is 2. The van der Waals surface area contributed by atoms with Gasteiger partial charge in [0.05, 0.1) is 12.8 Å². The standard InChI is InChI=1S/C12H11NO3/c13-11(14)3-1-2-9-4-6-10(7-5-9)8-12(15)16/h4-7H,3,8H2,(H2,13,14)(H,15,16). The normalized spacial score (nSPS) is 9.00. The van der Waals surface area contributed by atoms with Gasteiger partial charge in [-0.15, -0.1) is 0 Å². The van der Waals surface area contributed by atoms with Crippen LogP contribution in [-0.2, 0) is 16.0 Å². The molecule has 1 aromatic rings. The van der Waals surface area contributed by atoms with E-state index < -0.39 is 11.9 Å². The van der Waals surface area contributed by atoms with E-state index in [1.165, 1.54) is 0 Å². The number of carboxylic acid groups (broad SMARTS) is 1. The van der Waals surface area contributed by atoms with Crippen LogP contribution in [0, 0.1) is 11.8 Å². The molecule has 4 heteroatoms. The SMILES string of the molecule is NC(=O)CC#Cc1ccc(CC(=O)O)cc1. The Morgan fingerprint density at radius 2 is 1.88 bits per heavy atom. The third kappa shape index (κ3) is 4.29. The topological polar surface area (TPSA) is 80.4 Å². The van der Waals surface area contributed by atoms with Crippen LogP contribution >= 0.6 is 0 Å². The lowest BCUT2D eigenvalue weighted by molar-refractivity contribution is -0.136. The second-order valence-electron chi connectivity index (χ2n) is 3.21. The molecule has 4 nitrogen and oxygen atoms in total. The van der Waals surface area contributed by atoms with Crippen LogP contribution in [0.2, 0.25) is 0 Å². The summed E-state index contributed by atoms with van der Waals surface area (Å²) in [6.45, 7) is 0. The molecule has 82 valence electrons. The molecule has 0 radical (unpaired) electrons. The van der Waals surface area contributed by atoms with E-state index in [1.807, 2.05) is 0 Å². The molecule has 16 heavy (non-hydrogen) atoms. The van der Waals surface area contributed by atoms with Crippen molar-refractivity contribution >= 4 is 11.9 Å². The number of carbonyl (C=O) groups excluding carboxylic acids is 1. The number of carboxylic acids is 1. The number of nitrogens with two attached hydrogens (primary N) is 1. The number of rotatable bonds is 3. The van der Waals surface area contributed by atoms with Gasteiger partial charge in [0.15, 0.2) is 0 Å². The molecule has 1 amide bonds. The van der Waals surface area contributed by atoms with Gasteiger partial charge in [0, 0.05) is 5.56 Å². The second-order valence-corrected chi connectivity index (χ2v) is 3.21. The van der Waals surface area contributed by atoms with Crippen LogP contribution < -0.4 is 5.73 Å². The number of aliphatic carboxylic acids is 1. The van der Waals surface area contributed by atoms with Crippen LogP contribution in [0.25, 0.3) is 0 Å². The lowest BCUT2D eigenvalue weighted by Crippen LogP contribution is -2.08. The number of amides is 1. The smallest absolute Gasteiger partial charge is 0.307 e. The van der Waals surface area contributed by atoms with Gasteiger partial charge in [-0.1, -0.05) is 24.0 Å². The van der Waals surface area contributed by atoms with Crippen LogP contribution in [0.1, 0.15) is 17.5 Å². The van der Waals surface area contributed by atoms with Crippen molar-refractivity contribution in [3.05, 3.63) is 35.4 Å². The van der Waals surface area contributed by atoms with Gasteiger partial charge < -0.3 is 10.8 Å². The highest BCUT2D eigenvalue weighted by molar-refractivity contribution is 5.76. The minimum absolute atomic E-state index is 0.00497. The van der Waals surface area contributed by atoms with E-state index in [2.05, 4.69) is 11.8 Å². The van der Waals surface area contributed by atoms with Gasteiger partial charge in [-0.25, -0.2) is 0 Å². The third-order valence-corrected chi connectivity index (χ3v) is 1.80. The molecule has 1 rings (SSSR count). The fourth-order valence-corrected chi connectivity index (χ4v) is 1.11. The molecular weight excluding hydrogens is 206 g/mol. The van der Waals surface area contributed by atoms with E-state index in [9.17, 15) is 9.59 Å². The lowest BCUT2D eigenvalue weighted by Gasteiger charge is -1.96. The second kappa shape index (κ2) is 5.56. The summed E-state index contributed by atoms with van der Waals surface area (Å²) in [5.74, 6) is 4.05. The molecule has 0 saturated heterocycles. The zero-order chi connectivity index (χ0) is 12.0. The van der Waals surface area contributed by atoms with E-state index in [4.69, 9.17) is 10.8 Å². The Hall–Kier alpha value is -2.28. The average Bonchev–Trinajstić information content (AvgIpc) is 2.19. The number of hydrogen-bond acceptors (Lipinski definition) is 2. The van der Waals surface area contributed by atoms with Crippen molar-refractivity contribution in [1.82, 2.24) is 0 Å². The Morgan fingerprint density at radius 3 is 2.38 bits per heavy atom. The Bertz CT molecular complexity index is 451. The molecule has 0 atom stereocenters. The van der Waals surface area contributed by atoms with E-state index in [0.717, 1.165) is 5.56 Å². The van der Waals surface area contributed by atoms with Crippen molar-refractivity contribution in [2.45, 2.75) is 12.8 Å². The maximum absolute atomic E-state index is 10.4. The highest BCUT2D eigenvalue weighted by Gasteiger charge is 1.98. The Labute approximate surface area is 93.1 Å². The van der Waals surface area contributed by atoms with E-state index in [1.54, 1.807) is 24.3 Å². The largest absolute Gasteiger partial charge is 0.481 e. The Morgan fingerprint density at radius 1 is 1.25 bits per heavy atom. The molecule has 0 bridgehead atoms. The summed E-state index contributed by atoms with van der Waals surface area (Å²) >= 11 is 0. The minimum atomic E-state index is -0.868. The van der Waals surface area contributed by atoms with Crippen molar-refractivity contribution in [2.24, 2.45) is 5.73 Å². The van der Waals surface area contributed by atoms with Crippen LogP contribution in [0.4, 0.5) is 0 Å². The highest BCUT2D eigenvalue weighted by Crippen LogP contribution is 2.04. The summed E-state index contributed by atoms with van der Waals surface area (Å²) in [7, 11) is 0. The third-order valence-electron chi connectivity index (χ3n) is 1.80. The molecule has 0 aromatic heterocycles. The van der Waals surface area contributed by atoms with E-state index >= 15 is 0 Å². The predicted molar refractivity (Wildman–Crippen MR) is 58.5 cm³/mol. The highest BCUT2D eigenvalue weighted by atomic mass is 16.4. The Balaban J connectivity index is 2.66. The van der Waals surface area contributed by atoms with Gasteiger partial charge in [-0.3, -0.25) is 9.59 Å². The maximum Gasteiger partial charge on any atom is 0.307 e.